The molecular weight excluding hydrogens is 244 g/mol. The molecule has 1 aliphatic carbocycles. The summed E-state index contributed by atoms with van der Waals surface area (Å²) < 4.78 is 0. The van der Waals surface area contributed by atoms with E-state index in [9.17, 15) is 14.7 Å². The first-order chi connectivity index (χ1) is 9.10. The predicted octanol–water partition coefficient (Wildman–Crippen LogP) is 1.53. The number of aliphatic carboxylic acids is 1. The SMILES string of the molecule is CNCCCC(=O)NCC1(C(=O)O)CCCCCC1. The van der Waals surface area contributed by atoms with Gasteiger partial charge in [0.1, 0.15) is 0 Å². The number of carboxylic acid groups (broad SMARTS) is 1. The van der Waals surface area contributed by atoms with E-state index >= 15 is 0 Å². The highest BCUT2D eigenvalue weighted by Gasteiger charge is 2.38. The molecule has 0 radical (unpaired) electrons. The van der Waals surface area contributed by atoms with Gasteiger partial charge in [-0.05, 0) is 32.9 Å². The van der Waals surface area contributed by atoms with Crippen molar-refractivity contribution in [1.82, 2.24) is 10.6 Å². The Kier molecular flexibility index (Phi) is 6.84. The number of rotatable bonds is 7. The third-order valence-corrected chi connectivity index (χ3v) is 3.97. The first-order valence-corrected chi connectivity index (χ1v) is 7.25. The van der Waals surface area contributed by atoms with Crippen LogP contribution in [0, 0.1) is 5.41 Å². The second-order valence-electron chi connectivity index (χ2n) is 5.48. The van der Waals surface area contributed by atoms with Crippen molar-refractivity contribution in [2.75, 3.05) is 20.1 Å². The lowest BCUT2D eigenvalue weighted by atomic mass is 9.80. The third kappa shape index (κ3) is 5.19. The van der Waals surface area contributed by atoms with Gasteiger partial charge in [-0.3, -0.25) is 9.59 Å². The molecule has 0 atom stereocenters. The Labute approximate surface area is 115 Å². The normalized spacial score (nSPS) is 18.6. The van der Waals surface area contributed by atoms with Gasteiger partial charge in [0.2, 0.25) is 5.91 Å². The summed E-state index contributed by atoms with van der Waals surface area (Å²) >= 11 is 0. The van der Waals surface area contributed by atoms with Crippen LogP contribution in [0.1, 0.15) is 51.4 Å². The van der Waals surface area contributed by atoms with Crippen LogP contribution in [0.4, 0.5) is 0 Å². The number of amides is 1. The average molecular weight is 270 g/mol. The lowest BCUT2D eigenvalue weighted by Gasteiger charge is -2.28. The van der Waals surface area contributed by atoms with Gasteiger partial charge in [-0.2, -0.15) is 0 Å². The van der Waals surface area contributed by atoms with Crippen molar-refractivity contribution >= 4 is 11.9 Å². The minimum absolute atomic E-state index is 0.0416. The highest BCUT2D eigenvalue weighted by molar-refractivity contribution is 5.79. The second-order valence-corrected chi connectivity index (χ2v) is 5.48. The topological polar surface area (TPSA) is 78.4 Å². The van der Waals surface area contributed by atoms with E-state index in [2.05, 4.69) is 10.6 Å². The van der Waals surface area contributed by atoms with Gasteiger partial charge in [-0.25, -0.2) is 0 Å². The maximum absolute atomic E-state index is 11.7. The van der Waals surface area contributed by atoms with Gasteiger partial charge < -0.3 is 15.7 Å². The summed E-state index contributed by atoms with van der Waals surface area (Å²) in [5.41, 5.74) is -0.741. The number of hydrogen-bond acceptors (Lipinski definition) is 3. The van der Waals surface area contributed by atoms with Crippen LogP contribution in [0.25, 0.3) is 0 Å². The van der Waals surface area contributed by atoms with E-state index in [1.54, 1.807) is 0 Å². The predicted molar refractivity (Wildman–Crippen MR) is 73.9 cm³/mol. The molecule has 0 spiro atoms. The average Bonchev–Trinajstić information content (AvgIpc) is 2.63. The number of carbonyl (C=O) groups is 2. The zero-order valence-corrected chi connectivity index (χ0v) is 11.8. The van der Waals surface area contributed by atoms with E-state index < -0.39 is 11.4 Å². The zero-order chi connectivity index (χ0) is 14.1. The summed E-state index contributed by atoms with van der Waals surface area (Å²) in [6, 6.07) is 0. The molecule has 19 heavy (non-hydrogen) atoms. The van der Waals surface area contributed by atoms with Crippen molar-refractivity contribution in [3.8, 4) is 0 Å². The van der Waals surface area contributed by atoms with E-state index in [-0.39, 0.29) is 12.5 Å². The van der Waals surface area contributed by atoms with Crippen LogP contribution in [0.5, 0.6) is 0 Å². The molecule has 0 saturated heterocycles. The Balaban J connectivity index is 2.45. The molecule has 1 rings (SSSR count). The van der Waals surface area contributed by atoms with Crippen LogP contribution < -0.4 is 10.6 Å². The van der Waals surface area contributed by atoms with Crippen LogP contribution in [-0.2, 0) is 9.59 Å². The summed E-state index contributed by atoms with van der Waals surface area (Å²) in [7, 11) is 1.85. The molecule has 3 N–H and O–H groups in total. The van der Waals surface area contributed by atoms with E-state index in [1.165, 1.54) is 0 Å². The summed E-state index contributed by atoms with van der Waals surface area (Å²) in [6.45, 7) is 1.08. The maximum atomic E-state index is 11.7. The van der Waals surface area contributed by atoms with Gasteiger partial charge in [0.15, 0.2) is 0 Å². The summed E-state index contributed by atoms with van der Waals surface area (Å²) in [6.07, 6.45) is 6.69. The minimum atomic E-state index is -0.759. The van der Waals surface area contributed by atoms with Crippen molar-refractivity contribution in [2.24, 2.45) is 5.41 Å². The van der Waals surface area contributed by atoms with Gasteiger partial charge in [0.05, 0.1) is 5.41 Å². The Hall–Kier alpha value is -1.10. The van der Waals surface area contributed by atoms with Crippen molar-refractivity contribution < 1.29 is 14.7 Å². The van der Waals surface area contributed by atoms with Gasteiger partial charge in [0.25, 0.3) is 0 Å². The summed E-state index contributed by atoms with van der Waals surface area (Å²) in [4.78, 5) is 23.2. The van der Waals surface area contributed by atoms with E-state index in [0.29, 0.717) is 19.3 Å². The number of nitrogens with one attached hydrogen (secondary N) is 2. The van der Waals surface area contributed by atoms with Gasteiger partial charge in [-0.1, -0.05) is 25.7 Å². The number of carbonyl (C=O) groups excluding carboxylic acids is 1. The molecule has 1 aliphatic rings. The largest absolute Gasteiger partial charge is 0.481 e. The molecule has 0 aromatic heterocycles. The summed E-state index contributed by atoms with van der Waals surface area (Å²) in [5, 5.41) is 15.3. The van der Waals surface area contributed by atoms with Gasteiger partial charge in [0, 0.05) is 13.0 Å². The summed E-state index contributed by atoms with van der Waals surface area (Å²) in [5.74, 6) is -0.801. The molecule has 0 heterocycles. The van der Waals surface area contributed by atoms with Gasteiger partial charge >= 0.3 is 5.97 Å². The van der Waals surface area contributed by atoms with Crippen molar-refractivity contribution in [3.63, 3.8) is 0 Å². The molecule has 1 fully saturated rings. The van der Waals surface area contributed by atoms with E-state index in [4.69, 9.17) is 0 Å². The standard InChI is InChI=1S/C14H26N2O3/c1-15-10-6-7-12(17)16-11-14(13(18)19)8-4-2-3-5-9-14/h15H,2-11H2,1H3,(H,16,17)(H,18,19). The fourth-order valence-electron chi connectivity index (χ4n) is 2.65. The Morgan fingerprint density at radius 3 is 2.32 bits per heavy atom. The lowest BCUT2D eigenvalue weighted by molar-refractivity contribution is -0.149. The van der Waals surface area contributed by atoms with E-state index in [1.807, 2.05) is 7.05 Å². The van der Waals surface area contributed by atoms with Crippen molar-refractivity contribution in [1.29, 1.82) is 0 Å². The van der Waals surface area contributed by atoms with Crippen molar-refractivity contribution in [3.05, 3.63) is 0 Å². The molecular formula is C14H26N2O3. The first kappa shape index (κ1) is 16.0. The number of hydrogen-bond donors (Lipinski definition) is 3. The smallest absolute Gasteiger partial charge is 0.311 e. The van der Waals surface area contributed by atoms with Crippen molar-refractivity contribution in [2.45, 2.75) is 51.4 Å². The molecule has 0 aromatic carbocycles. The highest BCUT2D eigenvalue weighted by Crippen LogP contribution is 2.34. The van der Waals surface area contributed by atoms with Crippen LogP contribution in [0.2, 0.25) is 0 Å². The number of carboxylic acids is 1. The maximum Gasteiger partial charge on any atom is 0.311 e. The second kappa shape index (κ2) is 8.15. The molecule has 0 bridgehead atoms. The minimum Gasteiger partial charge on any atom is -0.481 e. The van der Waals surface area contributed by atoms with Crippen LogP contribution in [0.3, 0.4) is 0 Å². The molecule has 110 valence electrons. The van der Waals surface area contributed by atoms with Crippen LogP contribution in [0.15, 0.2) is 0 Å². The highest BCUT2D eigenvalue weighted by atomic mass is 16.4. The van der Waals surface area contributed by atoms with Crippen LogP contribution >= 0.6 is 0 Å². The fourth-order valence-corrected chi connectivity index (χ4v) is 2.65. The third-order valence-electron chi connectivity index (χ3n) is 3.97. The van der Waals surface area contributed by atoms with Crippen LogP contribution in [-0.4, -0.2) is 37.1 Å². The first-order valence-electron chi connectivity index (χ1n) is 7.25. The molecule has 5 nitrogen and oxygen atoms in total. The molecule has 0 aromatic rings. The Morgan fingerprint density at radius 2 is 1.79 bits per heavy atom. The molecule has 0 aliphatic heterocycles. The Bertz CT molecular complexity index is 297. The lowest BCUT2D eigenvalue weighted by Crippen LogP contribution is -2.43. The van der Waals surface area contributed by atoms with Gasteiger partial charge in [-0.15, -0.1) is 0 Å². The molecule has 1 amide bonds. The molecule has 1 saturated carbocycles. The molecule has 5 heteroatoms. The quantitative estimate of drug-likeness (QED) is 0.484. The Morgan fingerprint density at radius 1 is 1.16 bits per heavy atom. The zero-order valence-electron chi connectivity index (χ0n) is 11.8. The monoisotopic (exact) mass is 270 g/mol. The fraction of sp³-hybridized carbons (Fsp3) is 0.857. The molecule has 0 unspecified atom stereocenters. The van der Waals surface area contributed by atoms with E-state index in [0.717, 1.165) is 38.6 Å².